The number of hydrogen-bond acceptors (Lipinski definition) is 4. The summed E-state index contributed by atoms with van der Waals surface area (Å²) in [6.45, 7) is 3.68. The number of nitrogens with zero attached hydrogens (tertiary/aromatic N) is 2. The third-order valence-electron chi connectivity index (χ3n) is 3.93. The van der Waals surface area contributed by atoms with Crippen molar-refractivity contribution in [3.05, 3.63) is 94.3 Å². The van der Waals surface area contributed by atoms with E-state index >= 15 is 0 Å². The van der Waals surface area contributed by atoms with Crippen LogP contribution >= 0.6 is 0 Å². The molecule has 3 aromatic carbocycles. The summed E-state index contributed by atoms with van der Waals surface area (Å²) in [5.74, 6) is 0. The summed E-state index contributed by atoms with van der Waals surface area (Å²) in [4.78, 5) is 0. The smallest absolute Gasteiger partial charge is 0.0337 e. The molecule has 4 heteroatoms. The van der Waals surface area contributed by atoms with E-state index in [-0.39, 0.29) is 0 Å². The molecule has 24 heavy (non-hydrogen) atoms. The van der Waals surface area contributed by atoms with Gasteiger partial charge in [0.05, 0.1) is 0 Å². The Kier molecular flexibility index (Phi) is 4.51. The van der Waals surface area contributed by atoms with Crippen LogP contribution in [0.3, 0.4) is 0 Å². The van der Waals surface area contributed by atoms with E-state index in [0.717, 1.165) is 21.3 Å². The first-order valence-electron chi connectivity index (χ1n) is 7.74. The molecule has 0 aliphatic rings. The fourth-order valence-corrected chi connectivity index (χ4v) is 2.63. The highest BCUT2D eigenvalue weighted by atomic mass is 16.5. The number of para-hydroxylation sites is 2. The molecule has 0 saturated heterocycles. The standard InChI is InChI=1S/C20H18N2O2/c1-15-13-20(22(24)18-11-7-4-8-12-18)16(2)14-19(15)21(23)17-9-5-3-6-10-17/h3-14H,1-2H3/q-2. The van der Waals surface area contributed by atoms with Gasteiger partial charge in [-0.2, -0.15) is 0 Å². The first kappa shape index (κ1) is 16.1. The molecule has 0 aliphatic heterocycles. The summed E-state index contributed by atoms with van der Waals surface area (Å²) >= 11 is 0. The molecule has 0 spiro atoms. The van der Waals surface area contributed by atoms with E-state index in [2.05, 4.69) is 0 Å². The van der Waals surface area contributed by atoms with Crippen LogP contribution in [0.2, 0.25) is 0 Å². The molecule has 0 aliphatic carbocycles. The highest BCUT2D eigenvalue weighted by Crippen LogP contribution is 2.35. The van der Waals surface area contributed by atoms with E-state index in [1.165, 1.54) is 0 Å². The summed E-state index contributed by atoms with van der Waals surface area (Å²) in [6, 6.07) is 21.6. The zero-order chi connectivity index (χ0) is 17.1. The average molecular weight is 318 g/mol. The van der Waals surface area contributed by atoms with Crippen LogP contribution in [0, 0.1) is 24.3 Å². The largest absolute Gasteiger partial charge is 0.754 e. The lowest BCUT2D eigenvalue weighted by Crippen LogP contribution is -2.12. The summed E-state index contributed by atoms with van der Waals surface area (Å²) < 4.78 is 0. The van der Waals surface area contributed by atoms with Crippen molar-refractivity contribution in [2.45, 2.75) is 13.8 Å². The van der Waals surface area contributed by atoms with Crippen molar-refractivity contribution in [2.24, 2.45) is 0 Å². The number of aryl methyl sites for hydroxylation is 2. The molecule has 3 aromatic rings. The topological polar surface area (TPSA) is 52.6 Å². The maximum Gasteiger partial charge on any atom is 0.0337 e. The Balaban J connectivity index is 1.97. The quantitative estimate of drug-likeness (QED) is 0.590. The van der Waals surface area contributed by atoms with E-state index in [1.807, 2.05) is 50.2 Å². The Bertz CT molecular complexity index is 749. The molecule has 0 aromatic heterocycles. The normalized spacial score (nSPS) is 10.5. The lowest BCUT2D eigenvalue weighted by atomic mass is 10.1. The van der Waals surface area contributed by atoms with Crippen LogP contribution in [0.15, 0.2) is 72.8 Å². The Morgan fingerprint density at radius 2 is 0.917 bits per heavy atom. The number of benzene rings is 3. The molecule has 4 nitrogen and oxygen atoms in total. The van der Waals surface area contributed by atoms with Gasteiger partial charge in [0, 0.05) is 22.7 Å². The van der Waals surface area contributed by atoms with Gasteiger partial charge in [0.25, 0.3) is 0 Å². The van der Waals surface area contributed by atoms with Gasteiger partial charge in [-0.15, -0.1) is 0 Å². The highest BCUT2D eigenvalue weighted by Gasteiger charge is 2.09. The van der Waals surface area contributed by atoms with Crippen LogP contribution in [0.5, 0.6) is 0 Å². The third-order valence-corrected chi connectivity index (χ3v) is 3.93. The maximum absolute atomic E-state index is 12.6. The molecule has 0 bridgehead atoms. The minimum atomic E-state index is 0.545. The van der Waals surface area contributed by atoms with Crippen LogP contribution in [0.25, 0.3) is 0 Å². The lowest BCUT2D eigenvalue weighted by Gasteiger charge is -2.36. The van der Waals surface area contributed by atoms with Crippen molar-refractivity contribution >= 4 is 22.7 Å². The second-order valence-corrected chi connectivity index (χ2v) is 5.69. The van der Waals surface area contributed by atoms with Gasteiger partial charge in [-0.05, 0) is 61.4 Å². The van der Waals surface area contributed by atoms with Crippen LogP contribution in [0.4, 0.5) is 22.7 Å². The van der Waals surface area contributed by atoms with E-state index < -0.39 is 0 Å². The molecule has 0 atom stereocenters. The first-order chi connectivity index (χ1) is 11.6. The second kappa shape index (κ2) is 6.74. The summed E-state index contributed by atoms with van der Waals surface area (Å²) in [6.07, 6.45) is 0. The van der Waals surface area contributed by atoms with Crippen molar-refractivity contribution < 1.29 is 0 Å². The van der Waals surface area contributed by atoms with Gasteiger partial charge >= 0.3 is 0 Å². The number of hydrogen-bond donors (Lipinski definition) is 0. The lowest BCUT2D eigenvalue weighted by molar-refractivity contribution is 1.21. The fourth-order valence-electron chi connectivity index (χ4n) is 2.63. The Morgan fingerprint density at radius 3 is 1.25 bits per heavy atom. The van der Waals surface area contributed by atoms with Crippen LogP contribution in [0.1, 0.15) is 11.1 Å². The molecule has 0 N–H and O–H groups in total. The van der Waals surface area contributed by atoms with Crippen molar-refractivity contribution in [2.75, 3.05) is 10.1 Å². The molecule has 0 radical (unpaired) electrons. The van der Waals surface area contributed by atoms with E-state index in [4.69, 9.17) is 0 Å². The van der Waals surface area contributed by atoms with Crippen LogP contribution < -0.4 is 10.1 Å². The number of rotatable bonds is 4. The molecule has 0 fully saturated rings. The Labute approximate surface area is 141 Å². The minimum Gasteiger partial charge on any atom is -0.754 e. The molecule has 0 saturated carbocycles. The highest BCUT2D eigenvalue weighted by molar-refractivity contribution is 5.75. The SMILES string of the molecule is Cc1cc(N([O-])c2ccccc2)c(C)cc1N([O-])c1ccccc1. The summed E-state index contributed by atoms with van der Waals surface area (Å²) in [5.41, 5.74) is 3.73. The molecular formula is C20H18N2O2-2. The zero-order valence-corrected chi connectivity index (χ0v) is 13.6. The number of anilines is 4. The predicted molar refractivity (Wildman–Crippen MR) is 99.8 cm³/mol. The van der Waals surface area contributed by atoms with Crippen molar-refractivity contribution in [3.63, 3.8) is 0 Å². The van der Waals surface area contributed by atoms with Gasteiger partial charge in [0.2, 0.25) is 0 Å². The fraction of sp³-hybridized carbons (Fsp3) is 0.100. The van der Waals surface area contributed by atoms with E-state index in [1.54, 1.807) is 36.4 Å². The van der Waals surface area contributed by atoms with Gasteiger partial charge < -0.3 is 20.5 Å². The molecule has 0 unspecified atom stereocenters. The molecule has 0 amide bonds. The summed E-state index contributed by atoms with van der Waals surface area (Å²) in [5, 5.41) is 27.0. The van der Waals surface area contributed by atoms with Crippen LogP contribution in [-0.2, 0) is 0 Å². The van der Waals surface area contributed by atoms with Gasteiger partial charge in [-0.3, -0.25) is 0 Å². The van der Waals surface area contributed by atoms with Crippen molar-refractivity contribution in [1.29, 1.82) is 0 Å². The first-order valence-corrected chi connectivity index (χ1v) is 7.74. The molecule has 0 heterocycles. The maximum atomic E-state index is 12.6. The molecule has 122 valence electrons. The van der Waals surface area contributed by atoms with Crippen LogP contribution in [-0.4, -0.2) is 0 Å². The van der Waals surface area contributed by atoms with Crippen molar-refractivity contribution in [3.8, 4) is 0 Å². The molecule has 3 rings (SSSR count). The molecular weight excluding hydrogens is 300 g/mol. The average Bonchev–Trinajstić information content (AvgIpc) is 2.63. The van der Waals surface area contributed by atoms with Gasteiger partial charge in [0.1, 0.15) is 0 Å². The van der Waals surface area contributed by atoms with Crippen molar-refractivity contribution in [1.82, 2.24) is 0 Å². The Morgan fingerprint density at radius 1 is 0.583 bits per heavy atom. The van der Waals surface area contributed by atoms with Gasteiger partial charge in [0.15, 0.2) is 0 Å². The van der Waals surface area contributed by atoms with Gasteiger partial charge in [-0.1, -0.05) is 36.4 Å². The second-order valence-electron chi connectivity index (χ2n) is 5.69. The summed E-state index contributed by atoms with van der Waals surface area (Å²) in [7, 11) is 0. The van der Waals surface area contributed by atoms with Gasteiger partial charge in [-0.25, -0.2) is 0 Å². The van der Waals surface area contributed by atoms with E-state index in [0.29, 0.717) is 22.7 Å². The Hall–Kier alpha value is -2.82. The zero-order valence-electron chi connectivity index (χ0n) is 13.6. The third kappa shape index (κ3) is 3.11. The monoisotopic (exact) mass is 318 g/mol. The minimum absolute atomic E-state index is 0.545. The van der Waals surface area contributed by atoms with E-state index in [9.17, 15) is 10.4 Å². The predicted octanol–water partition coefficient (Wildman–Crippen LogP) is 5.58.